The van der Waals surface area contributed by atoms with Crippen LogP contribution in [-0.4, -0.2) is 174 Å². The van der Waals surface area contributed by atoms with E-state index in [1.165, 1.54) is 0 Å². The highest BCUT2D eigenvalue weighted by molar-refractivity contribution is 8.76. The second kappa shape index (κ2) is 19.0. The predicted octanol–water partition coefficient (Wildman–Crippen LogP) is -3.16. The molecule has 2 saturated heterocycles. The fraction of sp³-hybridized carbons (Fsp3) is 0.857. The van der Waals surface area contributed by atoms with Crippen molar-refractivity contribution in [1.29, 1.82) is 0 Å². The number of aliphatic hydroxyl groups is 8. The number of carbonyl (C=O) groups excluding carboxylic acids is 4. The Morgan fingerprint density at radius 1 is 0.580 bits per heavy atom. The van der Waals surface area contributed by atoms with E-state index >= 15 is 0 Å². The molecule has 2 amide bonds. The molecule has 0 aliphatic carbocycles. The van der Waals surface area contributed by atoms with Gasteiger partial charge in [-0.25, -0.2) is 19.2 Å². The average Bonchev–Trinajstić information content (AvgIpc) is 2.99. The lowest BCUT2D eigenvalue weighted by atomic mass is 9.99. The van der Waals surface area contributed by atoms with E-state index in [1.807, 2.05) is 0 Å². The van der Waals surface area contributed by atoms with Crippen molar-refractivity contribution in [3.63, 3.8) is 0 Å². The zero-order valence-electron chi connectivity index (χ0n) is 28.2. The maximum absolute atomic E-state index is 13.0. The highest BCUT2D eigenvalue weighted by atomic mass is 33.1. The van der Waals surface area contributed by atoms with E-state index in [-0.39, 0.29) is 11.5 Å². The van der Waals surface area contributed by atoms with Gasteiger partial charge >= 0.3 is 24.1 Å². The normalized spacial score (nSPS) is 31.5. The van der Waals surface area contributed by atoms with Crippen LogP contribution in [0, 0.1) is 0 Å². The quantitative estimate of drug-likeness (QED) is 0.0383. The summed E-state index contributed by atoms with van der Waals surface area (Å²) in [5.41, 5.74) is -1.88. The Labute approximate surface area is 295 Å². The number of amides is 2. The number of rotatable bonds is 13. The van der Waals surface area contributed by atoms with Crippen molar-refractivity contribution < 1.29 is 88.5 Å². The average molecular weight is 765 g/mol. The van der Waals surface area contributed by atoms with Gasteiger partial charge in [0.2, 0.25) is 0 Å². The smallest absolute Gasteiger partial charge is 0.408 e. The molecule has 10 N–H and O–H groups in total. The summed E-state index contributed by atoms with van der Waals surface area (Å²) in [5.74, 6) is -2.51. The largest absolute Gasteiger partial charge is 0.461 e. The number of esters is 2. The Hall–Kier alpha value is -2.22. The lowest BCUT2D eigenvalue weighted by molar-refractivity contribution is -0.287. The molecule has 12 atom stereocenters. The van der Waals surface area contributed by atoms with Gasteiger partial charge in [0.05, 0.1) is 0 Å². The van der Waals surface area contributed by atoms with E-state index in [9.17, 15) is 60.0 Å². The van der Waals surface area contributed by atoms with Gasteiger partial charge in [-0.2, -0.15) is 0 Å². The van der Waals surface area contributed by atoms with Crippen LogP contribution in [0.5, 0.6) is 0 Å². The summed E-state index contributed by atoms with van der Waals surface area (Å²) in [6.45, 7) is 8.14. The third kappa shape index (κ3) is 14.1. The van der Waals surface area contributed by atoms with Crippen LogP contribution in [0.4, 0.5) is 9.59 Å². The van der Waals surface area contributed by atoms with E-state index in [0.717, 1.165) is 21.6 Å². The number of nitrogens with one attached hydrogen (secondary N) is 2. The minimum absolute atomic E-state index is 0.213. The predicted molar refractivity (Wildman–Crippen MR) is 171 cm³/mol. The Bertz CT molecular complexity index is 1050. The number of alkyl carbamates (subject to hydrolysis) is 2. The van der Waals surface area contributed by atoms with Gasteiger partial charge in [0.15, 0.2) is 12.6 Å². The highest BCUT2D eigenvalue weighted by Gasteiger charge is 2.45. The van der Waals surface area contributed by atoms with Crippen LogP contribution < -0.4 is 10.6 Å². The minimum Gasteiger partial charge on any atom is -0.461 e. The second-order valence-corrected chi connectivity index (χ2v) is 15.9. The zero-order chi connectivity index (χ0) is 38.1. The van der Waals surface area contributed by atoms with Gasteiger partial charge in [-0.3, -0.25) is 0 Å². The molecule has 290 valence electrons. The molecule has 0 unspecified atom stereocenters. The molecule has 20 nitrogen and oxygen atoms in total. The fourth-order valence-electron chi connectivity index (χ4n) is 4.14. The molecule has 22 heteroatoms. The number of aliphatic hydroxyl groups excluding tert-OH is 8. The van der Waals surface area contributed by atoms with Crippen LogP contribution in [0.2, 0.25) is 0 Å². The zero-order valence-corrected chi connectivity index (χ0v) is 29.9. The van der Waals surface area contributed by atoms with Crippen LogP contribution in [0.25, 0.3) is 0 Å². The van der Waals surface area contributed by atoms with Crippen molar-refractivity contribution in [2.24, 2.45) is 0 Å². The van der Waals surface area contributed by atoms with Gasteiger partial charge < -0.3 is 79.9 Å². The van der Waals surface area contributed by atoms with Gasteiger partial charge in [-0.05, 0) is 41.5 Å². The second-order valence-electron chi connectivity index (χ2n) is 13.3. The first-order valence-electron chi connectivity index (χ1n) is 15.3. The third-order valence-corrected chi connectivity index (χ3v) is 9.08. The van der Waals surface area contributed by atoms with E-state index in [0.29, 0.717) is 0 Å². The molecule has 0 bridgehead atoms. The molecule has 0 aromatic rings. The summed E-state index contributed by atoms with van der Waals surface area (Å²) in [4.78, 5) is 51.0. The first kappa shape index (κ1) is 43.9. The van der Waals surface area contributed by atoms with E-state index in [2.05, 4.69) is 10.6 Å². The maximum Gasteiger partial charge on any atom is 0.408 e. The standard InChI is InChI=1S/C28H48N2O18S2/c1-27(2,3)47-25(41)29-11(21(37)43-7-13-15(31)17(33)19(35)23(39)45-13)9-49-50-10-12(30-26(42)48-28(4,5)6)22(38)44-8-14-16(32)18(34)20(36)24(40)46-14/h11-20,23-24,31-36,39-40H,7-10H2,1-6H3,(H,29,41)(H,30,42)/t11-,12-,13+,14+,15+,16+,17-,18+,19-,20-,23+,24+/m1/s1. The first-order chi connectivity index (χ1) is 23.0. The summed E-state index contributed by atoms with van der Waals surface area (Å²) in [6, 6.07) is -2.79. The maximum atomic E-state index is 13.0. The van der Waals surface area contributed by atoms with Crippen molar-refractivity contribution in [2.75, 3.05) is 24.7 Å². The van der Waals surface area contributed by atoms with Crippen LogP contribution in [0.3, 0.4) is 0 Å². The monoisotopic (exact) mass is 764 g/mol. The van der Waals surface area contributed by atoms with Crippen molar-refractivity contribution in [2.45, 2.75) is 126 Å². The third-order valence-electron chi connectivity index (χ3n) is 6.66. The number of hydrogen-bond donors (Lipinski definition) is 10. The topological polar surface area (TPSA) is 310 Å². The molecular weight excluding hydrogens is 716 g/mol. The first-order valence-corrected chi connectivity index (χ1v) is 17.8. The molecule has 2 fully saturated rings. The van der Waals surface area contributed by atoms with Crippen molar-refractivity contribution in [3.8, 4) is 0 Å². The number of carbonyl (C=O) groups is 4. The molecule has 2 aliphatic rings. The van der Waals surface area contributed by atoms with Crippen LogP contribution in [0.1, 0.15) is 41.5 Å². The van der Waals surface area contributed by atoms with E-state index in [4.69, 9.17) is 28.4 Å². The number of hydrogen-bond acceptors (Lipinski definition) is 20. The molecule has 2 rings (SSSR count). The highest BCUT2D eigenvalue weighted by Crippen LogP contribution is 2.26. The van der Waals surface area contributed by atoms with Gasteiger partial charge in [-0.15, -0.1) is 0 Å². The van der Waals surface area contributed by atoms with Crippen LogP contribution in [-0.2, 0) is 38.0 Å². The minimum atomic E-state index is -1.87. The molecule has 0 aromatic carbocycles. The molecule has 0 spiro atoms. The van der Waals surface area contributed by atoms with Crippen LogP contribution in [0.15, 0.2) is 0 Å². The Balaban J connectivity index is 2.08. The van der Waals surface area contributed by atoms with Crippen molar-refractivity contribution in [3.05, 3.63) is 0 Å². The Morgan fingerprint density at radius 3 is 1.20 bits per heavy atom. The molecule has 0 saturated carbocycles. The molecule has 2 aliphatic heterocycles. The van der Waals surface area contributed by atoms with Crippen molar-refractivity contribution in [1.82, 2.24) is 10.6 Å². The molecule has 2 heterocycles. The van der Waals surface area contributed by atoms with Gasteiger partial charge in [0.25, 0.3) is 0 Å². The SMILES string of the molecule is CC(C)(C)OC(=O)N[C@H](CSSC[C@@H](NC(=O)OC(C)(C)C)C(=O)OC[C@@H]1O[C@H](O)[C@H](O)[C@@H](O)[C@H]1O)C(=O)OC[C@@H]1O[C@H](O)[C@H](O)[C@H](O)[C@H]1O. The van der Waals surface area contributed by atoms with E-state index < -0.39 is 122 Å². The Kier molecular flexibility index (Phi) is 16.7. The summed E-state index contributed by atoms with van der Waals surface area (Å²) < 4.78 is 30.7. The van der Waals surface area contributed by atoms with Crippen molar-refractivity contribution >= 4 is 45.7 Å². The molecular formula is C28H48N2O18S2. The Morgan fingerprint density at radius 2 is 0.900 bits per heavy atom. The van der Waals surface area contributed by atoms with Gasteiger partial charge in [-0.1, -0.05) is 21.6 Å². The summed E-state index contributed by atoms with van der Waals surface area (Å²) >= 11 is 0. The van der Waals surface area contributed by atoms with Gasteiger partial charge in [0, 0.05) is 11.5 Å². The van der Waals surface area contributed by atoms with Crippen LogP contribution >= 0.6 is 21.6 Å². The lowest BCUT2D eigenvalue weighted by Crippen LogP contribution is -2.59. The summed E-state index contributed by atoms with van der Waals surface area (Å²) in [7, 11) is 1.88. The summed E-state index contributed by atoms with van der Waals surface area (Å²) in [6.07, 6.45) is -19.3. The fourth-order valence-corrected chi connectivity index (χ4v) is 6.43. The molecule has 0 radical (unpaired) electrons. The lowest BCUT2D eigenvalue weighted by Gasteiger charge is -2.38. The van der Waals surface area contributed by atoms with Gasteiger partial charge in [0.1, 0.15) is 85.3 Å². The molecule has 50 heavy (non-hydrogen) atoms. The summed E-state index contributed by atoms with van der Waals surface area (Å²) in [5, 5.41) is 83.5. The number of ether oxygens (including phenoxy) is 6. The van der Waals surface area contributed by atoms with E-state index in [1.54, 1.807) is 41.5 Å². The molecule has 0 aromatic heterocycles.